The lowest BCUT2D eigenvalue weighted by atomic mass is 9.83. The molecule has 0 aliphatic carbocycles. The number of rotatable bonds is 12. The van der Waals surface area contributed by atoms with E-state index in [-0.39, 0.29) is 18.3 Å². The maximum Gasteiger partial charge on any atom is 0.363 e. The van der Waals surface area contributed by atoms with E-state index in [1.807, 2.05) is 52.0 Å². The molecular formula is C29H45O4PS. The van der Waals surface area contributed by atoms with Crippen LogP contribution < -0.4 is 5.30 Å². The average Bonchev–Trinajstić information content (AvgIpc) is 2.75. The van der Waals surface area contributed by atoms with E-state index >= 15 is 0 Å². The zero-order valence-electron chi connectivity index (χ0n) is 23.4. The molecule has 0 aromatic heterocycles. The zero-order valence-corrected chi connectivity index (χ0v) is 25.1. The van der Waals surface area contributed by atoms with Gasteiger partial charge in [-0.25, -0.2) is 0 Å². The van der Waals surface area contributed by atoms with Gasteiger partial charge in [0.2, 0.25) is 0 Å². The molecule has 0 heterocycles. The third-order valence-electron chi connectivity index (χ3n) is 5.73. The second kappa shape index (κ2) is 12.9. The molecule has 0 aliphatic heterocycles. The van der Waals surface area contributed by atoms with Gasteiger partial charge in [-0.05, 0) is 86.8 Å². The molecule has 0 spiro atoms. The zero-order chi connectivity index (χ0) is 26.5. The molecule has 0 aliphatic rings. The van der Waals surface area contributed by atoms with Gasteiger partial charge in [0.25, 0.3) is 0 Å². The van der Waals surface area contributed by atoms with Gasteiger partial charge in [-0.1, -0.05) is 65.8 Å². The molecular weight excluding hydrogens is 475 g/mol. The second-order valence-electron chi connectivity index (χ2n) is 10.7. The SMILES string of the molecule is CC(C)OP(=O)(OC(C)C)c1ccccc1SO[C@H](C)c1c(C(C)C)cc(C(C)C)cc1C(C)C. The van der Waals surface area contributed by atoms with Crippen molar-refractivity contribution in [3.8, 4) is 0 Å². The molecule has 0 amide bonds. The van der Waals surface area contributed by atoms with Crippen molar-refractivity contribution in [3.05, 3.63) is 58.7 Å². The summed E-state index contributed by atoms with van der Waals surface area (Å²) in [6.07, 6.45) is -0.626. The Kier molecular flexibility index (Phi) is 11.1. The van der Waals surface area contributed by atoms with Gasteiger partial charge in [0.1, 0.15) is 0 Å². The van der Waals surface area contributed by atoms with Crippen LogP contribution >= 0.6 is 19.6 Å². The molecule has 4 nitrogen and oxygen atoms in total. The van der Waals surface area contributed by atoms with Crippen LogP contribution in [0.3, 0.4) is 0 Å². The lowest BCUT2D eigenvalue weighted by molar-refractivity contribution is 0.149. The van der Waals surface area contributed by atoms with Crippen molar-refractivity contribution in [1.82, 2.24) is 0 Å². The van der Waals surface area contributed by atoms with Crippen molar-refractivity contribution in [2.24, 2.45) is 0 Å². The number of benzene rings is 2. The summed E-state index contributed by atoms with van der Waals surface area (Å²) in [5.41, 5.74) is 5.28. The minimum atomic E-state index is -3.52. The van der Waals surface area contributed by atoms with Crippen LogP contribution in [0.2, 0.25) is 0 Å². The van der Waals surface area contributed by atoms with Crippen LogP contribution in [0.25, 0.3) is 0 Å². The van der Waals surface area contributed by atoms with Crippen LogP contribution in [0, 0.1) is 0 Å². The van der Waals surface area contributed by atoms with Crippen LogP contribution in [0.15, 0.2) is 41.3 Å². The summed E-state index contributed by atoms with van der Waals surface area (Å²) in [5.74, 6) is 1.22. The Labute approximate surface area is 218 Å². The molecule has 0 bridgehead atoms. The Morgan fingerprint density at radius 1 is 0.714 bits per heavy atom. The van der Waals surface area contributed by atoms with Crippen molar-refractivity contribution in [2.75, 3.05) is 0 Å². The Hall–Kier alpha value is -1.10. The van der Waals surface area contributed by atoms with Crippen molar-refractivity contribution in [1.29, 1.82) is 0 Å². The number of hydrogen-bond acceptors (Lipinski definition) is 5. The third kappa shape index (κ3) is 7.94. The summed E-state index contributed by atoms with van der Waals surface area (Å²) < 4.78 is 32.0. The van der Waals surface area contributed by atoms with Crippen LogP contribution in [0.5, 0.6) is 0 Å². The van der Waals surface area contributed by atoms with Gasteiger partial charge in [-0.3, -0.25) is 4.57 Å². The Morgan fingerprint density at radius 2 is 1.20 bits per heavy atom. The topological polar surface area (TPSA) is 44.8 Å². The molecule has 0 radical (unpaired) electrons. The Bertz CT molecular complexity index is 970. The Morgan fingerprint density at radius 3 is 1.63 bits per heavy atom. The first kappa shape index (κ1) is 30.1. The minimum absolute atomic E-state index is 0.152. The first-order chi connectivity index (χ1) is 16.3. The molecule has 2 aromatic rings. The summed E-state index contributed by atoms with van der Waals surface area (Å²) in [7, 11) is -3.52. The fourth-order valence-corrected chi connectivity index (χ4v) is 7.18. The molecule has 6 heteroatoms. The summed E-state index contributed by atoms with van der Waals surface area (Å²) in [5, 5.41) is 0.544. The fraction of sp³-hybridized carbons (Fsp3) is 0.586. The lowest BCUT2D eigenvalue weighted by Gasteiger charge is -2.27. The van der Waals surface area contributed by atoms with Crippen molar-refractivity contribution < 1.29 is 17.8 Å². The van der Waals surface area contributed by atoms with E-state index in [9.17, 15) is 4.57 Å². The maximum atomic E-state index is 13.8. The van der Waals surface area contributed by atoms with Crippen molar-refractivity contribution >= 4 is 24.9 Å². The van der Waals surface area contributed by atoms with Gasteiger partial charge in [-0.2, -0.15) is 0 Å². The molecule has 0 fully saturated rings. The standard InChI is InChI=1S/C29H45O4PS/c1-18(2)24-16-25(19(3)4)29(26(17-24)20(5)6)23(11)33-35-28-15-13-12-14-27(28)34(30,31-21(7)8)32-22(9)10/h12-23H,1-11H3/t23-/m1/s1. The van der Waals surface area contributed by atoms with E-state index in [2.05, 4.69) is 60.6 Å². The summed E-state index contributed by atoms with van der Waals surface area (Å²) in [6.45, 7) is 23.0. The van der Waals surface area contributed by atoms with E-state index in [4.69, 9.17) is 13.2 Å². The molecule has 35 heavy (non-hydrogen) atoms. The van der Waals surface area contributed by atoms with Gasteiger partial charge >= 0.3 is 7.60 Å². The molecule has 0 unspecified atom stereocenters. The van der Waals surface area contributed by atoms with Gasteiger partial charge < -0.3 is 13.2 Å². The highest BCUT2D eigenvalue weighted by Gasteiger charge is 2.33. The molecule has 0 saturated carbocycles. The molecule has 0 saturated heterocycles. The van der Waals surface area contributed by atoms with Gasteiger partial charge in [0, 0.05) is 12.0 Å². The van der Waals surface area contributed by atoms with E-state index in [0.29, 0.717) is 23.1 Å². The molecule has 1 atom stereocenters. The van der Waals surface area contributed by atoms with Crippen molar-refractivity contribution in [3.63, 3.8) is 0 Å². The minimum Gasteiger partial charge on any atom is -0.302 e. The monoisotopic (exact) mass is 520 g/mol. The Balaban J connectivity index is 2.46. The second-order valence-corrected chi connectivity index (χ2v) is 13.4. The molecule has 2 rings (SSSR count). The molecule has 0 N–H and O–H groups in total. The lowest BCUT2D eigenvalue weighted by Crippen LogP contribution is -2.18. The maximum absolute atomic E-state index is 13.8. The van der Waals surface area contributed by atoms with Gasteiger partial charge in [0.15, 0.2) is 0 Å². The summed E-state index contributed by atoms with van der Waals surface area (Å²) in [6, 6.07) is 12.2. The predicted molar refractivity (Wildman–Crippen MR) is 150 cm³/mol. The normalized spacial score (nSPS) is 13.6. The van der Waals surface area contributed by atoms with Crippen LogP contribution in [0.1, 0.15) is 122 Å². The first-order valence-corrected chi connectivity index (χ1v) is 15.1. The predicted octanol–water partition coefficient (Wildman–Crippen LogP) is 9.51. The molecule has 2 aromatic carbocycles. The third-order valence-corrected chi connectivity index (χ3v) is 9.18. The van der Waals surface area contributed by atoms with Crippen LogP contribution in [-0.2, 0) is 17.8 Å². The van der Waals surface area contributed by atoms with Gasteiger partial charge in [-0.15, -0.1) is 0 Å². The average molecular weight is 521 g/mol. The first-order valence-electron chi connectivity index (χ1n) is 12.8. The number of hydrogen-bond donors (Lipinski definition) is 0. The van der Waals surface area contributed by atoms with Gasteiger partial charge in [0.05, 0.1) is 28.5 Å². The van der Waals surface area contributed by atoms with Crippen LogP contribution in [-0.4, -0.2) is 12.2 Å². The fourth-order valence-electron chi connectivity index (χ4n) is 4.10. The molecule has 196 valence electrons. The summed E-state index contributed by atoms with van der Waals surface area (Å²) >= 11 is 1.25. The van der Waals surface area contributed by atoms with E-state index < -0.39 is 7.60 Å². The smallest absolute Gasteiger partial charge is 0.302 e. The van der Waals surface area contributed by atoms with Crippen LogP contribution in [0.4, 0.5) is 0 Å². The van der Waals surface area contributed by atoms with E-state index in [0.717, 1.165) is 4.90 Å². The highest BCUT2D eigenvalue weighted by atomic mass is 32.2. The highest BCUT2D eigenvalue weighted by Crippen LogP contribution is 2.51. The quantitative estimate of drug-likeness (QED) is 0.206. The largest absolute Gasteiger partial charge is 0.363 e. The van der Waals surface area contributed by atoms with Crippen molar-refractivity contribution in [2.45, 2.75) is 117 Å². The van der Waals surface area contributed by atoms with E-state index in [1.165, 1.54) is 34.3 Å². The summed E-state index contributed by atoms with van der Waals surface area (Å²) in [4.78, 5) is 0.750. The highest BCUT2D eigenvalue weighted by molar-refractivity contribution is 7.95. The van der Waals surface area contributed by atoms with E-state index in [1.54, 1.807) is 0 Å².